The Morgan fingerprint density at radius 2 is 1.85 bits per heavy atom. The van der Waals surface area contributed by atoms with Crippen LogP contribution < -0.4 is 4.74 Å². The number of benzene rings is 1. The molecule has 1 aromatic rings. The van der Waals surface area contributed by atoms with Crippen LogP contribution in [0.25, 0.3) is 0 Å². The van der Waals surface area contributed by atoms with Crippen molar-refractivity contribution in [2.45, 2.75) is 38.6 Å². The lowest BCUT2D eigenvalue weighted by Crippen LogP contribution is -2.44. The number of hydrogen-bond donors (Lipinski definition) is 0. The molecule has 1 saturated heterocycles. The van der Waals surface area contributed by atoms with Gasteiger partial charge in [-0.3, -0.25) is 14.5 Å². The third-order valence-corrected chi connectivity index (χ3v) is 5.49. The van der Waals surface area contributed by atoms with Crippen LogP contribution in [0.4, 0.5) is 0 Å². The molecule has 3 atom stereocenters. The fraction of sp³-hybridized carbons (Fsp3) is 0.526. The maximum atomic E-state index is 12.5. The standard InChI is InChI=1S/C19H22BrNO5/c1-12(21-17(22)15-7-2-3-8-16(15)18(21)23)19(24)26-10-9-25-14-6-4-5-13(20)11-14/h4-6,11-12,15-16H,2-3,7-10H2,1H3/t12-,15?,16?/m0/s1. The minimum Gasteiger partial charge on any atom is -0.490 e. The molecule has 1 aliphatic carbocycles. The molecule has 0 bridgehead atoms. The molecule has 1 saturated carbocycles. The van der Waals surface area contributed by atoms with Crippen molar-refractivity contribution in [2.75, 3.05) is 13.2 Å². The number of fused-ring (bicyclic) bond motifs is 1. The molecule has 2 amide bonds. The van der Waals surface area contributed by atoms with E-state index in [2.05, 4.69) is 15.9 Å². The fourth-order valence-electron chi connectivity index (χ4n) is 3.65. The lowest BCUT2D eigenvalue weighted by molar-refractivity contribution is -0.158. The van der Waals surface area contributed by atoms with Crippen LogP contribution >= 0.6 is 15.9 Å². The quantitative estimate of drug-likeness (QED) is 0.399. The van der Waals surface area contributed by atoms with Gasteiger partial charge in [-0.25, -0.2) is 4.79 Å². The molecule has 2 aliphatic rings. The summed E-state index contributed by atoms with van der Waals surface area (Å²) in [5.41, 5.74) is 0. The van der Waals surface area contributed by atoms with Crippen molar-refractivity contribution in [3.8, 4) is 5.75 Å². The highest BCUT2D eigenvalue weighted by atomic mass is 79.9. The summed E-state index contributed by atoms with van der Waals surface area (Å²) in [7, 11) is 0. The first-order chi connectivity index (χ1) is 12.5. The summed E-state index contributed by atoms with van der Waals surface area (Å²) in [5.74, 6) is -0.887. The molecule has 3 rings (SSSR count). The highest BCUT2D eigenvalue weighted by Crippen LogP contribution is 2.38. The molecular weight excluding hydrogens is 402 g/mol. The van der Waals surface area contributed by atoms with E-state index in [-0.39, 0.29) is 36.9 Å². The molecule has 1 heterocycles. The third-order valence-electron chi connectivity index (χ3n) is 5.00. The van der Waals surface area contributed by atoms with Gasteiger partial charge in [-0.05, 0) is 38.0 Å². The Kier molecular flexibility index (Phi) is 5.96. The van der Waals surface area contributed by atoms with E-state index >= 15 is 0 Å². The zero-order valence-electron chi connectivity index (χ0n) is 14.7. The molecule has 2 unspecified atom stereocenters. The van der Waals surface area contributed by atoms with Crippen molar-refractivity contribution in [3.63, 3.8) is 0 Å². The first-order valence-electron chi connectivity index (χ1n) is 8.91. The van der Waals surface area contributed by atoms with Gasteiger partial charge in [0.05, 0.1) is 11.8 Å². The Morgan fingerprint density at radius 1 is 1.19 bits per heavy atom. The number of imide groups is 1. The molecule has 7 heteroatoms. The topological polar surface area (TPSA) is 72.9 Å². The Balaban J connectivity index is 1.50. The molecule has 1 aliphatic heterocycles. The number of ether oxygens (including phenoxy) is 2. The molecular formula is C19H22BrNO5. The highest BCUT2D eigenvalue weighted by Gasteiger charge is 2.51. The minimum absolute atomic E-state index is 0.0543. The Labute approximate surface area is 161 Å². The van der Waals surface area contributed by atoms with Gasteiger partial charge in [-0.1, -0.05) is 34.8 Å². The second-order valence-electron chi connectivity index (χ2n) is 6.69. The predicted molar refractivity (Wildman–Crippen MR) is 97.4 cm³/mol. The van der Waals surface area contributed by atoms with Crippen LogP contribution in [0.5, 0.6) is 5.75 Å². The summed E-state index contributed by atoms with van der Waals surface area (Å²) in [5, 5.41) is 0. The first-order valence-corrected chi connectivity index (χ1v) is 9.70. The average molecular weight is 424 g/mol. The maximum Gasteiger partial charge on any atom is 0.329 e. The number of amides is 2. The second kappa shape index (κ2) is 8.20. The SMILES string of the molecule is C[C@@H](C(=O)OCCOc1cccc(Br)c1)N1C(=O)C2CCCCC2C1=O. The van der Waals surface area contributed by atoms with Crippen molar-refractivity contribution in [1.82, 2.24) is 4.90 Å². The number of hydrogen-bond acceptors (Lipinski definition) is 5. The van der Waals surface area contributed by atoms with Gasteiger partial charge in [0.15, 0.2) is 0 Å². The van der Waals surface area contributed by atoms with Gasteiger partial charge in [0.25, 0.3) is 0 Å². The average Bonchev–Trinajstić information content (AvgIpc) is 2.89. The van der Waals surface area contributed by atoms with Crippen LogP contribution in [0.15, 0.2) is 28.7 Å². The van der Waals surface area contributed by atoms with Gasteiger partial charge in [0, 0.05) is 4.47 Å². The largest absolute Gasteiger partial charge is 0.490 e. The van der Waals surface area contributed by atoms with Gasteiger partial charge in [0.2, 0.25) is 11.8 Å². The van der Waals surface area contributed by atoms with E-state index in [0.717, 1.165) is 35.1 Å². The molecule has 0 aromatic heterocycles. The number of nitrogens with zero attached hydrogens (tertiary/aromatic N) is 1. The summed E-state index contributed by atoms with van der Waals surface area (Å²) in [6.45, 7) is 1.80. The zero-order valence-corrected chi connectivity index (χ0v) is 16.2. The molecule has 6 nitrogen and oxygen atoms in total. The van der Waals surface area contributed by atoms with Crippen LogP contribution in [-0.2, 0) is 19.1 Å². The van der Waals surface area contributed by atoms with E-state index in [1.807, 2.05) is 18.2 Å². The summed E-state index contributed by atoms with van der Waals surface area (Å²) >= 11 is 3.35. The third kappa shape index (κ3) is 3.92. The predicted octanol–water partition coefficient (Wildman–Crippen LogP) is 2.93. The van der Waals surface area contributed by atoms with Crippen LogP contribution in [0.3, 0.4) is 0 Å². The summed E-state index contributed by atoms with van der Waals surface area (Å²) < 4.78 is 11.6. The Hall–Kier alpha value is -1.89. The van der Waals surface area contributed by atoms with Crippen molar-refractivity contribution >= 4 is 33.7 Å². The second-order valence-corrected chi connectivity index (χ2v) is 7.61. The number of carbonyl (C=O) groups is 3. The monoisotopic (exact) mass is 423 g/mol. The van der Waals surface area contributed by atoms with Gasteiger partial charge in [-0.2, -0.15) is 0 Å². The van der Waals surface area contributed by atoms with Crippen molar-refractivity contribution in [3.05, 3.63) is 28.7 Å². The first kappa shape index (κ1) is 18.9. The van der Waals surface area contributed by atoms with Gasteiger partial charge in [0.1, 0.15) is 25.0 Å². The van der Waals surface area contributed by atoms with Crippen molar-refractivity contribution in [2.24, 2.45) is 11.8 Å². The summed E-state index contributed by atoms with van der Waals surface area (Å²) in [6, 6.07) is 6.45. The molecule has 1 aromatic carbocycles. The Bertz CT molecular complexity index is 683. The lowest BCUT2D eigenvalue weighted by atomic mass is 9.81. The number of esters is 1. The number of likely N-dealkylation sites (tertiary alicyclic amines) is 1. The van der Waals surface area contributed by atoms with Crippen LogP contribution in [0, 0.1) is 11.8 Å². The van der Waals surface area contributed by atoms with E-state index in [0.29, 0.717) is 5.75 Å². The number of halogens is 1. The van der Waals surface area contributed by atoms with Crippen molar-refractivity contribution in [1.29, 1.82) is 0 Å². The molecule has 140 valence electrons. The van der Waals surface area contributed by atoms with Gasteiger partial charge >= 0.3 is 5.97 Å². The number of carbonyl (C=O) groups excluding carboxylic acids is 3. The Morgan fingerprint density at radius 3 is 2.46 bits per heavy atom. The van der Waals surface area contributed by atoms with E-state index in [4.69, 9.17) is 9.47 Å². The summed E-state index contributed by atoms with van der Waals surface area (Å²) in [4.78, 5) is 38.4. The summed E-state index contributed by atoms with van der Waals surface area (Å²) in [6.07, 6.45) is 3.38. The van der Waals surface area contributed by atoms with E-state index in [1.54, 1.807) is 13.0 Å². The smallest absolute Gasteiger partial charge is 0.329 e. The van der Waals surface area contributed by atoms with Crippen LogP contribution in [-0.4, -0.2) is 41.9 Å². The van der Waals surface area contributed by atoms with Crippen LogP contribution in [0.2, 0.25) is 0 Å². The maximum absolute atomic E-state index is 12.5. The van der Waals surface area contributed by atoms with Gasteiger partial charge < -0.3 is 9.47 Å². The van der Waals surface area contributed by atoms with Gasteiger partial charge in [-0.15, -0.1) is 0 Å². The molecule has 26 heavy (non-hydrogen) atoms. The lowest BCUT2D eigenvalue weighted by Gasteiger charge is -2.21. The highest BCUT2D eigenvalue weighted by molar-refractivity contribution is 9.10. The van der Waals surface area contributed by atoms with E-state index in [9.17, 15) is 14.4 Å². The zero-order chi connectivity index (χ0) is 18.7. The molecule has 0 radical (unpaired) electrons. The fourth-order valence-corrected chi connectivity index (χ4v) is 4.03. The van der Waals surface area contributed by atoms with E-state index < -0.39 is 12.0 Å². The van der Waals surface area contributed by atoms with Crippen LogP contribution in [0.1, 0.15) is 32.6 Å². The molecule has 0 N–H and O–H groups in total. The minimum atomic E-state index is -0.897. The molecule has 0 spiro atoms. The molecule has 2 fully saturated rings. The number of rotatable bonds is 6. The van der Waals surface area contributed by atoms with E-state index in [1.165, 1.54) is 0 Å². The van der Waals surface area contributed by atoms with Crippen molar-refractivity contribution < 1.29 is 23.9 Å². The normalized spacial score (nSPS) is 23.5.